The molecule has 3 N–H and O–H groups in total. The van der Waals surface area contributed by atoms with Gasteiger partial charge >= 0.3 is 0 Å². The molecule has 4 heteroatoms. The van der Waals surface area contributed by atoms with E-state index in [4.69, 9.17) is 9.52 Å². The van der Waals surface area contributed by atoms with Crippen molar-refractivity contribution in [3.8, 4) is 11.3 Å². The van der Waals surface area contributed by atoms with E-state index in [1.165, 1.54) is 0 Å². The normalized spacial score (nSPS) is 12.6. The lowest BCUT2D eigenvalue weighted by molar-refractivity contribution is 0.199. The first-order valence-corrected chi connectivity index (χ1v) is 6.39. The molecule has 1 aromatic carbocycles. The van der Waals surface area contributed by atoms with Crippen LogP contribution in [-0.2, 0) is 6.54 Å². The van der Waals surface area contributed by atoms with Crippen LogP contribution in [0.5, 0.6) is 0 Å². The Hall–Kier alpha value is -1.62. The van der Waals surface area contributed by atoms with Crippen LogP contribution in [-0.4, -0.2) is 23.4 Å². The number of furan rings is 1. The molecule has 19 heavy (non-hydrogen) atoms. The smallest absolute Gasteiger partial charge is 0.134 e. The van der Waals surface area contributed by atoms with Gasteiger partial charge in [0.1, 0.15) is 11.5 Å². The molecule has 1 heterocycles. The Bertz CT molecular complexity index is 502. The van der Waals surface area contributed by atoms with Crippen LogP contribution in [0.2, 0.25) is 0 Å². The minimum Gasteiger partial charge on any atom is -0.460 e. The molecule has 1 atom stereocenters. The first-order valence-electron chi connectivity index (χ1n) is 6.39. The second-order valence-corrected chi connectivity index (χ2v) is 4.46. The molecule has 0 aliphatic rings. The minimum absolute atomic E-state index is 0.119. The monoisotopic (exact) mass is 261 g/mol. The molecule has 4 nitrogen and oxygen atoms in total. The van der Waals surface area contributed by atoms with Crippen LogP contribution in [0.1, 0.15) is 24.4 Å². The van der Waals surface area contributed by atoms with Gasteiger partial charge in [0.2, 0.25) is 0 Å². The van der Waals surface area contributed by atoms with Gasteiger partial charge in [-0.2, -0.15) is 0 Å². The number of hydrogen-bond acceptors (Lipinski definition) is 4. The molecule has 0 aliphatic carbocycles. The van der Waals surface area contributed by atoms with Gasteiger partial charge in [-0.05, 0) is 24.6 Å². The lowest BCUT2D eigenvalue weighted by atomic mass is 10.1. The number of aliphatic hydroxyl groups is 2. The molecule has 0 bridgehead atoms. The van der Waals surface area contributed by atoms with Gasteiger partial charge in [-0.1, -0.05) is 24.3 Å². The van der Waals surface area contributed by atoms with Gasteiger partial charge in [0, 0.05) is 12.1 Å². The molecule has 0 spiro atoms. The van der Waals surface area contributed by atoms with Gasteiger partial charge in [-0.15, -0.1) is 0 Å². The second kappa shape index (κ2) is 6.52. The van der Waals surface area contributed by atoms with E-state index in [1.54, 1.807) is 6.92 Å². The van der Waals surface area contributed by atoms with Gasteiger partial charge in [0.25, 0.3) is 0 Å². The SMILES string of the molecule is C[C@@H](O)c1ccc(-c2ccc(CNCCO)o2)cc1. The molecule has 2 aromatic rings. The van der Waals surface area contributed by atoms with Crippen molar-refractivity contribution < 1.29 is 14.6 Å². The molecular weight excluding hydrogens is 242 g/mol. The summed E-state index contributed by atoms with van der Waals surface area (Å²) in [6.07, 6.45) is -0.455. The van der Waals surface area contributed by atoms with E-state index in [1.807, 2.05) is 36.4 Å². The topological polar surface area (TPSA) is 65.6 Å². The standard InChI is InChI=1S/C15H19NO3/c1-11(18)12-2-4-13(5-3-12)15-7-6-14(19-15)10-16-8-9-17/h2-7,11,16-18H,8-10H2,1H3/t11-/m1/s1. The summed E-state index contributed by atoms with van der Waals surface area (Å²) in [5.41, 5.74) is 1.87. The molecule has 0 aliphatic heterocycles. The van der Waals surface area contributed by atoms with Gasteiger partial charge in [-0.3, -0.25) is 0 Å². The first-order chi connectivity index (χ1) is 9.20. The fourth-order valence-corrected chi connectivity index (χ4v) is 1.84. The summed E-state index contributed by atoms with van der Waals surface area (Å²) < 4.78 is 5.71. The largest absolute Gasteiger partial charge is 0.460 e. The molecule has 0 fully saturated rings. The Morgan fingerprint density at radius 3 is 2.53 bits per heavy atom. The van der Waals surface area contributed by atoms with Gasteiger partial charge in [0.05, 0.1) is 19.3 Å². The maximum atomic E-state index is 9.46. The van der Waals surface area contributed by atoms with Crippen molar-refractivity contribution in [1.82, 2.24) is 5.32 Å². The van der Waals surface area contributed by atoms with Crippen LogP contribution in [0, 0.1) is 0 Å². The van der Waals surface area contributed by atoms with Crippen molar-refractivity contribution in [2.24, 2.45) is 0 Å². The van der Waals surface area contributed by atoms with Crippen LogP contribution in [0.15, 0.2) is 40.8 Å². The summed E-state index contributed by atoms with van der Waals surface area (Å²) in [6, 6.07) is 11.5. The highest BCUT2D eigenvalue weighted by Gasteiger charge is 2.06. The molecule has 0 radical (unpaired) electrons. The summed E-state index contributed by atoms with van der Waals surface area (Å²) in [7, 11) is 0. The quantitative estimate of drug-likeness (QED) is 0.697. The Labute approximate surface area is 112 Å². The van der Waals surface area contributed by atoms with E-state index in [9.17, 15) is 5.11 Å². The van der Waals surface area contributed by atoms with Crippen LogP contribution < -0.4 is 5.32 Å². The first kappa shape index (κ1) is 13.8. The Balaban J connectivity index is 2.05. The third-order valence-corrected chi connectivity index (χ3v) is 2.93. The van der Waals surface area contributed by atoms with Crippen LogP contribution in [0.3, 0.4) is 0 Å². The highest BCUT2D eigenvalue weighted by Crippen LogP contribution is 2.24. The summed E-state index contributed by atoms with van der Waals surface area (Å²) in [5.74, 6) is 1.64. The number of hydrogen-bond donors (Lipinski definition) is 3. The highest BCUT2D eigenvalue weighted by molar-refractivity contribution is 5.58. The molecule has 1 aromatic heterocycles. The molecule has 0 saturated carbocycles. The average molecular weight is 261 g/mol. The van der Waals surface area contributed by atoms with Crippen LogP contribution in [0.4, 0.5) is 0 Å². The third kappa shape index (κ3) is 3.67. The number of nitrogens with one attached hydrogen (secondary N) is 1. The Kier molecular flexibility index (Phi) is 4.74. The van der Waals surface area contributed by atoms with E-state index >= 15 is 0 Å². The fourth-order valence-electron chi connectivity index (χ4n) is 1.84. The van der Waals surface area contributed by atoms with Crippen molar-refractivity contribution in [2.75, 3.05) is 13.2 Å². The molecule has 102 valence electrons. The van der Waals surface area contributed by atoms with Gasteiger partial charge in [-0.25, -0.2) is 0 Å². The van der Waals surface area contributed by atoms with Gasteiger partial charge in [0.15, 0.2) is 0 Å². The zero-order chi connectivity index (χ0) is 13.7. The minimum atomic E-state index is -0.455. The number of benzene rings is 1. The van der Waals surface area contributed by atoms with E-state index in [0.717, 1.165) is 22.6 Å². The Morgan fingerprint density at radius 1 is 1.16 bits per heavy atom. The zero-order valence-electron chi connectivity index (χ0n) is 11.0. The van der Waals surface area contributed by atoms with Gasteiger partial charge < -0.3 is 19.9 Å². The predicted octanol–water partition coefficient (Wildman–Crippen LogP) is 2.08. The van der Waals surface area contributed by atoms with Crippen molar-refractivity contribution >= 4 is 0 Å². The van der Waals surface area contributed by atoms with Crippen LogP contribution >= 0.6 is 0 Å². The van der Waals surface area contributed by atoms with E-state index in [-0.39, 0.29) is 6.61 Å². The Morgan fingerprint density at radius 2 is 1.89 bits per heavy atom. The maximum Gasteiger partial charge on any atom is 0.134 e. The van der Waals surface area contributed by atoms with Crippen molar-refractivity contribution in [3.63, 3.8) is 0 Å². The summed E-state index contributed by atoms with van der Waals surface area (Å²) in [6.45, 7) is 3.02. The van der Waals surface area contributed by atoms with E-state index < -0.39 is 6.10 Å². The van der Waals surface area contributed by atoms with Crippen LogP contribution in [0.25, 0.3) is 11.3 Å². The summed E-state index contributed by atoms with van der Waals surface area (Å²) in [5, 5.41) is 21.2. The maximum absolute atomic E-state index is 9.46. The average Bonchev–Trinajstić information content (AvgIpc) is 2.88. The van der Waals surface area contributed by atoms with E-state index in [2.05, 4.69) is 5.32 Å². The highest BCUT2D eigenvalue weighted by atomic mass is 16.3. The molecule has 0 saturated heterocycles. The van der Waals surface area contributed by atoms with Crippen molar-refractivity contribution in [2.45, 2.75) is 19.6 Å². The molecule has 0 amide bonds. The molecular formula is C15H19NO3. The lowest BCUT2D eigenvalue weighted by Gasteiger charge is -2.05. The van der Waals surface area contributed by atoms with E-state index in [0.29, 0.717) is 13.1 Å². The van der Waals surface area contributed by atoms with Crippen molar-refractivity contribution in [1.29, 1.82) is 0 Å². The lowest BCUT2D eigenvalue weighted by Crippen LogP contribution is -2.16. The third-order valence-electron chi connectivity index (χ3n) is 2.93. The summed E-state index contributed by atoms with van der Waals surface area (Å²) in [4.78, 5) is 0. The molecule has 2 rings (SSSR count). The fraction of sp³-hybridized carbons (Fsp3) is 0.333. The van der Waals surface area contributed by atoms with Crippen molar-refractivity contribution in [3.05, 3.63) is 47.7 Å². The second-order valence-electron chi connectivity index (χ2n) is 4.46. The number of aliphatic hydroxyl groups excluding tert-OH is 2. The zero-order valence-corrected chi connectivity index (χ0v) is 11.0. The number of rotatable bonds is 6. The summed E-state index contributed by atoms with van der Waals surface area (Å²) >= 11 is 0. The predicted molar refractivity (Wildman–Crippen MR) is 73.6 cm³/mol. The molecule has 0 unspecified atom stereocenters.